The van der Waals surface area contributed by atoms with Crippen molar-refractivity contribution in [3.63, 3.8) is 0 Å². The van der Waals surface area contributed by atoms with Crippen LogP contribution < -0.4 is 0 Å². The van der Waals surface area contributed by atoms with Gasteiger partial charge < -0.3 is 0 Å². The van der Waals surface area contributed by atoms with Gasteiger partial charge in [-0.3, -0.25) is 0 Å². The van der Waals surface area contributed by atoms with E-state index in [0.29, 0.717) is 14.5 Å². The molecule has 0 spiro atoms. The van der Waals surface area contributed by atoms with Gasteiger partial charge in [0.2, 0.25) is 0 Å². The molecule has 1 heteroatoms. The van der Waals surface area contributed by atoms with Crippen LogP contribution in [0.3, 0.4) is 0 Å². The Morgan fingerprint density at radius 3 is 2.41 bits per heavy atom. The van der Waals surface area contributed by atoms with E-state index in [9.17, 15) is 0 Å². The summed E-state index contributed by atoms with van der Waals surface area (Å²) in [5, 5.41) is 6.94. The monoisotopic (exact) mass is 282 g/mol. The van der Waals surface area contributed by atoms with E-state index >= 15 is 0 Å². The second-order valence-electron chi connectivity index (χ2n) is 4.29. The van der Waals surface area contributed by atoms with Crippen LogP contribution in [0.15, 0.2) is 59.5 Å². The normalized spacial score (nSPS) is 11.5. The third-order valence-electron chi connectivity index (χ3n) is 3.34. The topological polar surface area (TPSA) is 0 Å². The SMILES string of the molecule is c1ccc2c(c1)ccc1c2ccc2cc[se]c21. The predicted molar refractivity (Wildman–Crippen MR) is 75.9 cm³/mol. The molecular formula is C16H10Se. The molecule has 0 aliphatic carbocycles. The van der Waals surface area contributed by atoms with Crippen LogP contribution >= 0.6 is 0 Å². The predicted octanol–water partition coefficient (Wildman–Crippen LogP) is 4.20. The molecular weight excluding hydrogens is 271 g/mol. The summed E-state index contributed by atoms with van der Waals surface area (Å²) in [4.78, 5) is 2.31. The molecule has 0 radical (unpaired) electrons. The van der Waals surface area contributed by atoms with Crippen molar-refractivity contribution < 1.29 is 0 Å². The summed E-state index contributed by atoms with van der Waals surface area (Å²) < 4.78 is 1.54. The number of hydrogen-bond donors (Lipinski definition) is 0. The van der Waals surface area contributed by atoms with Gasteiger partial charge in [0.15, 0.2) is 0 Å². The molecule has 0 aliphatic heterocycles. The average molecular weight is 281 g/mol. The fourth-order valence-electron chi connectivity index (χ4n) is 2.52. The summed E-state index contributed by atoms with van der Waals surface area (Å²) in [5.74, 6) is 0. The Bertz CT molecular complexity index is 840. The Morgan fingerprint density at radius 2 is 1.41 bits per heavy atom. The summed E-state index contributed by atoms with van der Waals surface area (Å²) in [7, 11) is 0. The van der Waals surface area contributed by atoms with E-state index in [1.165, 1.54) is 26.9 Å². The molecule has 4 aromatic rings. The third kappa shape index (κ3) is 1.30. The molecule has 0 fully saturated rings. The third-order valence-corrected chi connectivity index (χ3v) is 5.36. The molecule has 0 N–H and O–H groups in total. The van der Waals surface area contributed by atoms with Gasteiger partial charge in [-0.15, -0.1) is 0 Å². The second-order valence-corrected chi connectivity index (χ2v) is 6.21. The Hall–Kier alpha value is -1.56. The Balaban J connectivity index is 2.34. The second kappa shape index (κ2) is 3.46. The first kappa shape index (κ1) is 9.47. The summed E-state index contributed by atoms with van der Waals surface area (Å²) in [6.07, 6.45) is 0. The molecule has 0 atom stereocenters. The van der Waals surface area contributed by atoms with Gasteiger partial charge in [0.05, 0.1) is 0 Å². The van der Waals surface area contributed by atoms with E-state index in [2.05, 4.69) is 59.5 Å². The van der Waals surface area contributed by atoms with Crippen molar-refractivity contribution in [2.75, 3.05) is 0 Å². The van der Waals surface area contributed by atoms with Crippen molar-refractivity contribution in [2.24, 2.45) is 0 Å². The van der Waals surface area contributed by atoms with Gasteiger partial charge in [-0.05, 0) is 0 Å². The van der Waals surface area contributed by atoms with Crippen molar-refractivity contribution in [3.8, 4) is 0 Å². The van der Waals surface area contributed by atoms with Gasteiger partial charge in [0, 0.05) is 0 Å². The zero-order valence-corrected chi connectivity index (χ0v) is 10.9. The van der Waals surface area contributed by atoms with Crippen LogP contribution in [-0.2, 0) is 0 Å². The molecule has 4 rings (SSSR count). The summed E-state index contributed by atoms with van der Waals surface area (Å²) >= 11 is 0.511. The standard InChI is InChI=1S/C16H10Se/c1-2-4-13-11(3-1)5-8-15-14(13)7-6-12-9-10-17-16(12)15/h1-10H. The van der Waals surface area contributed by atoms with Crippen LogP contribution in [0.2, 0.25) is 0 Å². The maximum absolute atomic E-state index is 2.31. The van der Waals surface area contributed by atoms with Crippen LogP contribution in [0, 0.1) is 0 Å². The van der Waals surface area contributed by atoms with Gasteiger partial charge in [-0.25, -0.2) is 0 Å². The fourth-order valence-corrected chi connectivity index (χ4v) is 4.46. The first-order valence-corrected chi connectivity index (χ1v) is 7.56. The molecule has 0 nitrogen and oxygen atoms in total. The van der Waals surface area contributed by atoms with Gasteiger partial charge in [-0.1, -0.05) is 0 Å². The summed E-state index contributed by atoms with van der Waals surface area (Å²) in [5.41, 5.74) is 0. The molecule has 17 heavy (non-hydrogen) atoms. The number of fused-ring (bicyclic) bond motifs is 5. The molecule has 1 aromatic heterocycles. The Morgan fingerprint density at radius 1 is 0.588 bits per heavy atom. The number of benzene rings is 3. The van der Waals surface area contributed by atoms with Crippen molar-refractivity contribution in [2.45, 2.75) is 0 Å². The molecule has 0 bridgehead atoms. The zero-order chi connectivity index (χ0) is 11.2. The fraction of sp³-hybridized carbons (Fsp3) is 0. The molecule has 0 saturated carbocycles. The van der Waals surface area contributed by atoms with Crippen molar-refractivity contribution in [1.29, 1.82) is 0 Å². The van der Waals surface area contributed by atoms with E-state index < -0.39 is 0 Å². The summed E-state index contributed by atoms with van der Waals surface area (Å²) in [6.45, 7) is 0. The van der Waals surface area contributed by atoms with Gasteiger partial charge >= 0.3 is 105 Å². The molecule has 0 amide bonds. The van der Waals surface area contributed by atoms with Crippen molar-refractivity contribution in [1.82, 2.24) is 0 Å². The quantitative estimate of drug-likeness (QED) is 0.335. The molecule has 1 heterocycles. The van der Waals surface area contributed by atoms with Crippen LogP contribution in [-0.4, -0.2) is 14.5 Å². The minimum absolute atomic E-state index is 0.511. The van der Waals surface area contributed by atoms with E-state index in [1.807, 2.05) is 0 Å². The van der Waals surface area contributed by atoms with E-state index in [4.69, 9.17) is 0 Å². The summed E-state index contributed by atoms with van der Waals surface area (Å²) in [6, 6.07) is 19.9. The van der Waals surface area contributed by atoms with Crippen molar-refractivity contribution >= 4 is 45.7 Å². The number of rotatable bonds is 0. The van der Waals surface area contributed by atoms with Gasteiger partial charge in [-0.2, -0.15) is 0 Å². The molecule has 0 saturated heterocycles. The molecule has 0 unspecified atom stereocenters. The Kier molecular flexibility index (Phi) is 1.93. The average Bonchev–Trinajstić information content (AvgIpc) is 2.86. The maximum atomic E-state index is 2.31. The van der Waals surface area contributed by atoms with E-state index in [-0.39, 0.29) is 0 Å². The minimum atomic E-state index is 0.511. The van der Waals surface area contributed by atoms with Crippen LogP contribution in [0.5, 0.6) is 0 Å². The van der Waals surface area contributed by atoms with Crippen LogP contribution in [0.4, 0.5) is 0 Å². The van der Waals surface area contributed by atoms with Gasteiger partial charge in [0.25, 0.3) is 0 Å². The van der Waals surface area contributed by atoms with Gasteiger partial charge in [0.1, 0.15) is 0 Å². The van der Waals surface area contributed by atoms with Crippen LogP contribution in [0.25, 0.3) is 31.2 Å². The Labute approximate surface area is 105 Å². The van der Waals surface area contributed by atoms with Crippen molar-refractivity contribution in [3.05, 3.63) is 59.5 Å². The van der Waals surface area contributed by atoms with E-state index in [0.717, 1.165) is 0 Å². The molecule has 80 valence electrons. The number of hydrogen-bond acceptors (Lipinski definition) is 0. The van der Waals surface area contributed by atoms with Crippen LogP contribution in [0.1, 0.15) is 0 Å². The molecule has 3 aromatic carbocycles. The van der Waals surface area contributed by atoms with E-state index in [1.54, 1.807) is 4.26 Å². The zero-order valence-electron chi connectivity index (χ0n) is 9.18. The first-order chi connectivity index (χ1) is 8.43. The first-order valence-electron chi connectivity index (χ1n) is 5.71. The molecule has 0 aliphatic rings.